The van der Waals surface area contributed by atoms with E-state index in [1.165, 1.54) is 0 Å². The van der Waals surface area contributed by atoms with Gasteiger partial charge in [-0.05, 0) is 70.1 Å². The molecule has 12 heteroatoms. The van der Waals surface area contributed by atoms with E-state index >= 15 is 0 Å². The van der Waals surface area contributed by atoms with E-state index in [0.29, 0.717) is 48.8 Å². The molecular weight excluding hydrogens is 679 g/mol. The highest BCUT2D eigenvalue weighted by molar-refractivity contribution is 14.1. The van der Waals surface area contributed by atoms with Crippen molar-refractivity contribution in [3.63, 3.8) is 0 Å². The monoisotopic (exact) mass is 728 g/mol. The van der Waals surface area contributed by atoms with Crippen LogP contribution in [0.2, 0.25) is 0 Å². The minimum absolute atomic E-state index is 0.0513. The summed E-state index contributed by atoms with van der Waals surface area (Å²) in [5.41, 5.74) is 5.94. The van der Waals surface area contributed by atoms with Crippen LogP contribution in [0.5, 0.6) is 0 Å². The van der Waals surface area contributed by atoms with Gasteiger partial charge in [0.05, 0.1) is 15.9 Å². The lowest BCUT2D eigenvalue weighted by Gasteiger charge is -2.24. The summed E-state index contributed by atoms with van der Waals surface area (Å²) < 4.78 is 5.72. The fraction of sp³-hybridized carbons (Fsp3) is 0.625. The molecule has 4 amide bonds. The van der Waals surface area contributed by atoms with Crippen LogP contribution in [0.1, 0.15) is 91.5 Å². The number of Topliss-reactive ketones (excluding diaryl/α,β-unsaturated/α-hetero) is 1. The molecule has 2 atom stereocenters. The first kappa shape index (κ1) is 39.0. The second-order valence-corrected chi connectivity index (χ2v) is 13.1. The number of unbranched alkanes of at least 4 members (excludes halogenated alkanes) is 2. The molecule has 1 aromatic carbocycles. The van der Waals surface area contributed by atoms with Crippen LogP contribution in [0, 0.1) is 17.3 Å². The molecule has 0 heterocycles. The maximum absolute atomic E-state index is 13.4. The molecule has 1 aromatic rings. The van der Waals surface area contributed by atoms with Gasteiger partial charge in [-0.1, -0.05) is 55.0 Å². The number of rotatable bonds is 20. The smallest absolute Gasteiger partial charge is 0.311 e. The van der Waals surface area contributed by atoms with Crippen LogP contribution < -0.4 is 21.7 Å². The Morgan fingerprint density at radius 2 is 1.55 bits per heavy atom. The maximum Gasteiger partial charge on any atom is 0.311 e. The van der Waals surface area contributed by atoms with Crippen molar-refractivity contribution in [1.82, 2.24) is 10.6 Å². The number of esters is 1. The van der Waals surface area contributed by atoms with E-state index in [1.807, 2.05) is 36.4 Å². The minimum Gasteiger partial charge on any atom is -0.460 e. The number of benzene rings is 1. The van der Waals surface area contributed by atoms with Crippen LogP contribution in [0.15, 0.2) is 24.3 Å². The third-order valence-electron chi connectivity index (χ3n) is 6.85. The van der Waals surface area contributed by atoms with Crippen molar-refractivity contribution in [2.45, 2.75) is 98.6 Å². The molecule has 0 unspecified atom stereocenters. The van der Waals surface area contributed by atoms with Gasteiger partial charge >= 0.3 is 5.97 Å². The van der Waals surface area contributed by atoms with E-state index in [-0.39, 0.29) is 61.3 Å². The number of alkyl halides is 1. The summed E-state index contributed by atoms with van der Waals surface area (Å²) in [6.45, 7) is 9.61. The van der Waals surface area contributed by atoms with Gasteiger partial charge in [0.15, 0.2) is 5.78 Å². The molecule has 0 saturated heterocycles. The van der Waals surface area contributed by atoms with E-state index in [0.717, 1.165) is 5.56 Å². The molecule has 0 aromatic heterocycles. The van der Waals surface area contributed by atoms with Crippen LogP contribution in [-0.2, 0) is 40.1 Å². The van der Waals surface area contributed by atoms with Crippen LogP contribution in [-0.4, -0.2) is 52.4 Å². The average Bonchev–Trinajstić information content (AvgIpc) is 2.95. The van der Waals surface area contributed by atoms with Crippen molar-refractivity contribution >= 4 is 63.7 Å². The van der Waals surface area contributed by atoms with Crippen LogP contribution in [0.3, 0.4) is 0 Å². The molecule has 44 heavy (non-hydrogen) atoms. The predicted molar refractivity (Wildman–Crippen MR) is 178 cm³/mol. The van der Waals surface area contributed by atoms with Crippen LogP contribution in [0.4, 0.5) is 5.69 Å². The Hall–Kier alpha value is -3.03. The fourth-order valence-corrected chi connectivity index (χ4v) is 4.50. The molecule has 0 spiro atoms. The Morgan fingerprint density at radius 1 is 0.909 bits per heavy atom. The summed E-state index contributed by atoms with van der Waals surface area (Å²) in [6.07, 6.45) is 2.94. The van der Waals surface area contributed by atoms with Gasteiger partial charge in [-0.2, -0.15) is 0 Å². The third kappa shape index (κ3) is 16.2. The van der Waals surface area contributed by atoms with Crippen molar-refractivity contribution in [1.29, 1.82) is 0 Å². The number of nitrogens with two attached hydrogens (primary N) is 1. The summed E-state index contributed by atoms with van der Waals surface area (Å²) in [7, 11) is 0. The van der Waals surface area contributed by atoms with Gasteiger partial charge in [-0.25, -0.2) is 0 Å². The van der Waals surface area contributed by atoms with Gasteiger partial charge in [0.2, 0.25) is 23.6 Å². The first-order valence-corrected chi connectivity index (χ1v) is 16.7. The number of hydrogen-bond donors (Lipinski definition) is 4. The third-order valence-corrected chi connectivity index (χ3v) is 7.54. The number of ether oxygens (including phenoxy) is 1. The Labute approximate surface area is 274 Å². The zero-order valence-electron chi connectivity index (χ0n) is 26.6. The molecule has 246 valence electrons. The molecular formula is C32H49IN4O7. The number of amides is 4. The number of halogens is 1. The van der Waals surface area contributed by atoms with Crippen molar-refractivity contribution in [3.05, 3.63) is 29.8 Å². The SMILES string of the molecule is CC(C)[C@H](NC(=O)CCCCNC(=O)CI)C(=O)C[C@@H](CCCCC(N)=O)C(=O)Nc1ccc(COC(=O)C(C)(C)C)cc1. The average molecular weight is 729 g/mol. The van der Waals surface area contributed by atoms with Crippen molar-refractivity contribution in [2.24, 2.45) is 23.0 Å². The lowest BCUT2D eigenvalue weighted by Crippen LogP contribution is -2.45. The topological polar surface area (TPSA) is 174 Å². The van der Waals surface area contributed by atoms with Gasteiger partial charge in [0, 0.05) is 37.4 Å². The first-order valence-electron chi connectivity index (χ1n) is 15.1. The molecule has 11 nitrogen and oxygen atoms in total. The second-order valence-electron chi connectivity index (χ2n) is 12.3. The summed E-state index contributed by atoms with van der Waals surface area (Å²) in [5.74, 6) is -2.49. The Kier molecular flexibility index (Phi) is 17.8. The van der Waals surface area contributed by atoms with Crippen molar-refractivity contribution in [3.8, 4) is 0 Å². The number of hydrogen-bond acceptors (Lipinski definition) is 7. The summed E-state index contributed by atoms with van der Waals surface area (Å²) in [5, 5.41) is 8.46. The first-order chi connectivity index (χ1) is 20.6. The number of ketones is 1. The fourth-order valence-electron chi connectivity index (χ4n) is 4.23. The summed E-state index contributed by atoms with van der Waals surface area (Å²) in [4.78, 5) is 73.9. The summed E-state index contributed by atoms with van der Waals surface area (Å²) in [6, 6.07) is 6.15. The highest BCUT2D eigenvalue weighted by Gasteiger charge is 2.29. The second kappa shape index (κ2) is 20.1. The molecule has 0 bridgehead atoms. The number of anilines is 1. The van der Waals surface area contributed by atoms with Crippen molar-refractivity contribution < 1.29 is 33.5 Å². The van der Waals surface area contributed by atoms with Gasteiger partial charge in [-0.3, -0.25) is 28.8 Å². The summed E-state index contributed by atoms with van der Waals surface area (Å²) >= 11 is 1.98. The molecule has 0 radical (unpaired) electrons. The molecule has 0 saturated carbocycles. The number of carbonyl (C=O) groups excluding carboxylic acids is 6. The molecule has 5 N–H and O–H groups in total. The molecule has 0 fully saturated rings. The van der Waals surface area contributed by atoms with Gasteiger partial charge in [-0.15, -0.1) is 0 Å². The minimum atomic E-state index is -0.753. The van der Waals surface area contributed by atoms with E-state index in [2.05, 4.69) is 16.0 Å². The highest BCUT2D eigenvalue weighted by atomic mass is 127. The van der Waals surface area contributed by atoms with E-state index in [9.17, 15) is 28.8 Å². The lowest BCUT2D eigenvalue weighted by molar-refractivity contribution is -0.154. The Balaban J connectivity index is 2.83. The van der Waals surface area contributed by atoms with Crippen LogP contribution in [0.25, 0.3) is 0 Å². The molecule has 0 aliphatic heterocycles. The highest BCUT2D eigenvalue weighted by Crippen LogP contribution is 2.21. The number of carbonyl (C=O) groups is 6. The van der Waals surface area contributed by atoms with Crippen LogP contribution >= 0.6 is 22.6 Å². The van der Waals surface area contributed by atoms with Gasteiger partial charge in [0.25, 0.3) is 0 Å². The maximum atomic E-state index is 13.4. The lowest BCUT2D eigenvalue weighted by atomic mass is 9.88. The van der Waals surface area contributed by atoms with Crippen molar-refractivity contribution in [2.75, 3.05) is 16.3 Å². The van der Waals surface area contributed by atoms with Gasteiger partial charge < -0.3 is 26.4 Å². The van der Waals surface area contributed by atoms with E-state index in [1.54, 1.807) is 45.0 Å². The number of nitrogens with one attached hydrogen (secondary N) is 3. The molecule has 0 aliphatic carbocycles. The predicted octanol–water partition coefficient (Wildman–Crippen LogP) is 4.20. The zero-order chi connectivity index (χ0) is 33.3. The van der Waals surface area contributed by atoms with E-state index in [4.69, 9.17) is 10.5 Å². The Bertz CT molecular complexity index is 1120. The quantitative estimate of drug-likeness (QED) is 0.0674. The normalized spacial score (nSPS) is 12.6. The number of primary amides is 1. The van der Waals surface area contributed by atoms with E-state index < -0.39 is 23.3 Å². The largest absolute Gasteiger partial charge is 0.460 e. The molecule has 1 rings (SSSR count). The molecule has 0 aliphatic rings. The van der Waals surface area contributed by atoms with Gasteiger partial charge in [0.1, 0.15) is 6.61 Å². The Morgan fingerprint density at radius 3 is 2.11 bits per heavy atom. The zero-order valence-corrected chi connectivity index (χ0v) is 28.8. The standard InChI is InChI=1S/C32H49IN4O7/c1-21(2)29(37-27(40)12-8-9-17-35-28(41)19-33)25(38)18-23(10-6-7-11-26(34)39)30(42)36-24-15-13-22(14-16-24)20-44-31(43)32(3,4)5/h13-16,21,23,29H,6-12,17-20H2,1-5H3,(H2,34,39)(H,35,41)(H,36,42)(H,37,40)/t23-,29+/m1/s1.